The van der Waals surface area contributed by atoms with Gasteiger partial charge < -0.3 is 33.8 Å². The first-order valence-electron chi connectivity index (χ1n) is 12.9. The Balaban J connectivity index is 1.45. The number of aliphatic carboxylic acids is 1. The fourth-order valence-electron chi connectivity index (χ4n) is 4.18. The highest BCUT2D eigenvalue weighted by atomic mass is 32.1. The van der Waals surface area contributed by atoms with Crippen molar-refractivity contribution in [1.29, 1.82) is 0 Å². The molecule has 0 atom stereocenters. The van der Waals surface area contributed by atoms with Crippen molar-refractivity contribution in [3.8, 4) is 23.0 Å². The van der Waals surface area contributed by atoms with Crippen molar-refractivity contribution in [3.05, 3.63) is 52.5 Å². The van der Waals surface area contributed by atoms with Crippen molar-refractivity contribution in [1.82, 2.24) is 4.98 Å². The minimum Gasteiger partial charge on any atom is -0.493 e. The molecule has 16 heteroatoms. The molecule has 2 aromatic carbocycles. The lowest BCUT2D eigenvalue weighted by molar-refractivity contribution is -0.136. The van der Waals surface area contributed by atoms with E-state index in [1.807, 2.05) is 0 Å². The van der Waals surface area contributed by atoms with Gasteiger partial charge in [0.1, 0.15) is 11.9 Å². The molecule has 0 unspecified atom stereocenters. The average molecular weight is 654 g/mol. The number of benzene rings is 2. The van der Waals surface area contributed by atoms with Crippen LogP contribution in [0.2, 0.25) is 0 Å². The molecule has 3 N–H and O–H groups in total. The molecule has 0 aliphatic rings. The van der Waals surface area contributed by atoms with E-state index in [0.29, 0.717) is 4.70 Å². The van der Waals surface area contributed by atoms with Gasteiger partial charge in [-0.3, -0.25) is 18.9 Å². The predicted octanol–water partition coefficient (Wildman–Crippen LogP) is 5.00. The van der Waals surface area contributed by atoms with Gasteiger partial charge in [0, 0.05) is 40.4 Å². The first-order valence-corrected chi connectivity index (χ1v) is 15.5. The molecule has 4 rings (SSSR count). The number of fused-ring (bicyclic) bond motifs is 2. The minimum atomic E-state index is -4.60. The zero-order valence-electron chi connectivity index (χ0n) is 23.3. The highest BCUT2D eigenvalue weighted by Crippen LogP contribution is 2.42. The van der Waals surface area contributed by atoms with E-state index in [4.69, 9.17) is 33.8 Å². The van der Waals surface area contributed by atoms with Crippen molar-refractivity contribution >= 4 is 57.5 Å². The topological polar surface area (TPSA) is 179 Å². The molecule has 0 saturated heterocycles. The zero-order valence-corrected chi connectivity index (χ0v) is 25.0. The van der Waals surface area contributed by atoms with Gasteiger partial charge in [-0.15, -0.1) is 11.3 Å². The molecular formula is C28H26F2NO11PS. The summed E-state index contributed by atoms with van der Waals surface area (Å²) in [6, 6.07) is 6.65. The van der Waals surface area contributed by atoms with Gasteiger partial charge in [0.05, 0.1) is 44.2 Å². The molecule has 0 saturated carbocycles. The van der Waals surface area contributed by atoms with E-state index in [9.17, 15) is 18.9 Å². The van der Waals surface area contributed by atoms with E-state index >= 15 is 8.78 Å². The Morgan fingerprint density at radius 3 is 2.09 bits per heavy atom. The summed E-state index contributed by atoms with van der Waals surface area (Å²) in [5.74, 6) is -4.52. The molecule has 0 aliphatic heterocycles. The number of hydrogen-bond acceptors (Lipinski definition) is 10. The number of nitrogens with zero attached hydrogens (tertiary/aromatic N) is 1. The lowest BCUT2D eigenvalue weighted by Gasteiger charge is -2.15. The molecule has 2 heterocycles. The van der Waals surface area contributed by atoms with Gasteiger partial charge in [0.15, 0.2) is 46.2 Å². The number of carbonyl (C=O) groups is 3. The molecule has 0 radical (unpaired) electrons. The van der Waals surface area contributed by atoms with Crippen molar-refractivity contribution < 1.29 is 61.6 Å². The molecule has 234 valence electrons. The van der Waals surface area contributed by atoms with Crippen LogP contribution in [0.5, 0.6) is 23.0 Å². The van der Waals surface area contributed by atoms with Crippen LogP contribution >= 0.6 is 18.9 Å². The summed E-state index contributed by atoms with van der Waals surface area (Å²) in [7, 11) is -2.02. The monoisotopic (exact) mass is 653 g/mol. The van der Waals surface area contributed by atoms with Gasteiger partial charge in [-0.2, -0.15) is 0 Å². The molecule has 0 bridgehead atoms. The lowest BCUT2D eigenvalue weighted by atomic mass is 10.1. The predicted molar refractivity (Wildman–Crippen MR) is 155 cm³/mol. The summed E-state index contributed by atoms with van der Waals surface area (Å²) >= 11 is 0.860. The third-order valence-corrected chi connectivity index (χ3v) is 8.05. The van der Waals surface area contributed by atoms with Crippen LogP contribution in [0.3, 0.4) is 0 Å². The number of ether oxygens (including phenoxy) is 4. The minimum absolute atomic E-state index is 0.00159. The third kappa shape index (κ3) is 7.48. The number of carboxylic acid groups (broad SMARTS) is 1. The summed E-state index contributed by atoms with van der Waals surface area (Å²) in [5.41, 5.74) is 0.0903. The number of carboxylic acids is 1. The maximum Gasteiger partial charge on any atom is 0.333 e. The second kappa shape index (κ2) is 13.6. The number of Topliss-reactive ketones (excluding diaryl/α,β-unsaturated/α-hetero) is 2. The molecule has 0 spiro atoms. The third-order valence-electron chi connectivity index (χ3n) is 6.23. The number of aromatic nitrogens is 1. The van der Waals surface area contributed by atoms with Crippen LogP contribution in [-0.2, 0) is 9.36 Å². The summed E-state index contributed by atoms with van der Waals surface area (Å²) in [6.07, 6.45) is -1.46. The van der Waals surface area contributed by atoms with Crippen molar-refractivity contribution in [2.24, 2.45) is 0 Å². The van der Waals surface area contributed by atoms with Crippen LogP contribution in [0, 0.1) is 11.6 Å². The van der Waals surface area contributed by atoms with E-state index in [-0.39, 0.29) is 82.3 Å². The van der Waals surface area contributed by atoms with Crippen LogP contribution < -0.4 is 18.9 Å². The maximum atomic E-state index is 15.4. The Morgan fingerprint density at radius 1 is 0.886 bits per heavy atom. The molecule has 0 amide bonds. The van der Waals surface area contributed by atoms with Crippen LogP contribution in [0.15, 0.2) is 30.3 Å². The van der Waals surface area contributed by atoms with Gasteiger partial charge in [-0.25, -0.2) is 13.8 Å². The standard InChI is InChI=1S/C28H26F2NO11PS/c1-39-20-11-17-14(4-5-16(31-17)18(32)6-7-24(34)35)25(29)27(20)41-8-3-9-42-28-21(40-2)12-22-15(26(28)30)10-23(44-22)19(33)13-43(36,37)38/h4-5,10-12H,3,6-9,13H2,1-2H3,(H,34,35)(H2,36,37,38). The highest BCUT2D eigenvalue weighted by molar-refractivity contribution is 7.53. The van der Waals surface area contributed by atoms with Crippen molar-refractivity contribution in [2.75, 3.05) is 33.6 Å². The number of carbonyl (C=O) groups excluding carboxylic acids is 2. The van der Waals surface area contributed by atoms with E-state index in [1.54, 1.807) is 0 Å². The Kier molecular flexibility index (Phi) is 10.1. The van der Waals surface area contributed by atoms with Crippen molar-refractivity contribution in [3.63, 3.8) is 0 Å². The fraction of sp³-hybridized carbons (Fsp3) is 0.286. The van der Waals surface area contributed by atoms with Gasteiger partial charge in [-0.1, -0.05) is 0 Å². The molecule has 4 aromatic rings. The Hall–Kier alpha value is -4.17. The summed E-state index contributed by atoms with van der Waals surface area (Å²) in [4.78, 5) is 57.5. The molecular weight excluding hydrogens is 627 g/mol. The first kappa shape index (κ1) is 32.7. The van der Waals surface area contributed by atoms with Gasteiger partial charge in [0.25, 0.3) is 0 Å². The van der Waals surface area contributed by atoms with Gasteiger partial charge >= 0.3 is 13.6 Å². The summed E-state index contributed by atoms with van der Waals surface area (Å²) in [5, 5.41) is 8.84. The quantitative estimate of drug-likeness (QED) is 0.0890. The average Bonchev–Trinajstić information content (AvgIpc) is 3.41. The fourth-order valence-corrected chi connectivity index (χ4v) is 5.85. The van der Waals surface area contributed by atoms with E-state index in [2.05, 4.69) is 4.98 Å². The van der Waals surface area contributed by atoms with Crippen LogP contribution in [0.4, 0.5) is 8.78 Å². The number of hydrogen-bond donors (Lipinski definition) is 3. The SMILES string of the molecule is COc1cc2nc(C(=O)CCC(=O)O)ccc2c(F)c1OCCCOc1c(OC)cc2sc(C(=O)CP(=O)(O)O)cc2c1F. The summed E-state index contributed by atoms with van der Waals surface area (Å²) < 4.78 is 63.9. The second-order valence-corrected chi connectivity index (χ2v) is 12.1. The van der Waals surface area contributed by atoms with Crippen LogP contribution in [0.25, 0.3) is 21.0 Å². The number of halogens is 2. The number of rotatable bonds is 15. The van der Waals surface area contributed by atoms with Crippen LogP contribution in [0.1, 0.15) is 39.4 Å². The lowest BCUT2D eigenvalue weighted by Crippen LogP contribution is -2.09. The molecule has 0 aliphatic carbocycles. The van der Waals surface area contributed by atoms with E-state index in [0.717, 1.165) is 11.3 Å². The largest absolute Gasteiger partial charge is 0.493 e. The second-order valence-electron chi connectivity index (χ2n) is 9.34. The Labute approximate surface area is 252 Å². The molecule has 2 aromatic heterocycles. The highest BCUT2D eigenvalue weighted by Gasteiger charge is 2.25. The first-order chi connectivity index (χ1) is 20.8. The normalized spacial score (nSPS) is 11.5. The number of ketones is 2. The van der Waals surface area contributed by atoms with Crippen molar-refractivity contribution in [2.45, 2.75) is 19.3 Å². The maximum absolute atomic E-state index is 15.4. The molecule has 0 fully saturated rings. The summed E-state index contributed by atoms with van der Waals surface area (Å²) in [6.45, 7) is -0.169. The van der Waals surface area contributed by atoms with E-state index in [1.165, 1.54) is 44.6 Å². The Bertz CT molecular complexity index is 1800. The van der Waals surface area contributed by atoms with Crippen LogP contribution in [-0.4, -0.2) is 71.0 Å². The van der Waals surface area contributed by atoms with E-state index < -0.39 is 42.9 Å². The molecule has 12 nitrogen and oxygen atoms in total. The smallest absolute Gasteiger partial charge is 0.333 e. The zero-order chi connectivity index (χ0) is 32.2. The van der Waals surface area contributed by atoms with Gasteiger partial charge in [-0.05, 0) is 18.2 Å². The number of methoxy groups -OCH3 is 2. The molecule has 44 heavy (non-hydrogen) atoms. The number of thiophene rings is 1. The van der Waals surface area contributed by atoms with Gasteiger partial charge in [0.2, 0.25) is 0 Å². The number of pyridine rings is 1. The Morgan fingerprint density at radius 2 is 1.50 bits per heavy atom.